The molecule has 9 heteroatoms. The van der Waals surface area contributed by atoms with Crippen molar-refractivity contribution in [3.63, 3.8) is 0 Å². The molecule has 0 spiro atoms. The first-order valence-electron chi connectivity index (χ1n) is 16.3. The summed E-state index contributed by atoms with van der Waals surface area (Å²) in [5.74, 6) is 0.758. The first-order valence-corrected chi connectivity index (χ1v) is 18.1. The van der Waals surface area contributed by atoms with Crippen LogP contribution in [0.2, 0.25) is 0 Å². The topological polar surface area (TPSA) is 92.7 Å². The van der Waals surface area contributed by atoms with Crippen molar-refractivity contribution in [1.82, 2.24) is 15.6 Å². The van der Waals surface area contributed by atoms with Crippen LogP contribution in [0, 0.1) is 0 Å². The molecule has 2 amide bonds. The van der Waals surface area contributed by atoms with Crippen LogP contribution in [0.4, 0.5) is 4.79 Å². The van der Waals surface area contributed by atoms with Gasteiger partial charge in [0.2, 0.25) is 0 Å². The number of ether oxygens (including phenoxy) is 2. The highest BCUT2D eigenvalue weighted by Gasteiger charge is 2.32. The normalized spacial score (nSPS) is 17.5. The molecule has 0 radical (unpaired) electrons. The van der Waals surface area contributed by atoms with E-state index in [9.17, 15) is 9.90 Å². The molecular weight excluding hydrogens is 651 g/mol. The van der Waals surface area contributed by atoms with Gasteiger partial charge in [-0.3, -0.25) is 0 Å². The van der Waals surface area contributed by atoms with E-state index >= 15 is 0 Å². The van der Waals surface area contributed by atoms with Gasteiger partial charge in [0, 0.05) is 30.8 Å². The number of fused-ring (bicyclic) bond motifs is 1. The summed E-state index contributed by atoms with van der Waals surface area (Å²) in [6.45, 7) is 0.912. The van der Waals surface area contributed by atoms with Crippen molar-refractivity contribution < 1.29 is 19.4 Å². The lowest BCUT2D eigenvalue weighted by Crippen LogP contribution is -2.34. The van der Waals surface area contributed by atoms with E-state index in [2.05, 4.69) is 53.1 Å². The Hall–Kier alpha value is -4.51. The monoisotopic (exact) mass is 687 g/mol. The Kier molecular flexibility index (Phi) is 10.6. The lowest BCUT2D eigenvalue weighted by molar-refractivity contribution is -0.245. The summed E-state index contributed by atoms with van der Waals surface area (Å²) in [5, 5.41) is 15.4. The molecule has 49 heavy (non-hydrogen) atoms. The predicted molar refractivity (Wildman–Crippen MR) is 196 cm³/mol. The first kappa shape index (κ1) is 33.0. The smallest absolute Gasteiger partial charge is 0.315 e. The van der Waals surface area contributed by atoms with E-state index in [1.807, 2.05) is 84.9 Å². The molecule has 2 heterocycles. The van der Waals surface area contributed by atoms with E-state index in [4.69, 9.17) is 14.5 Å². The molecule has 5 aromatic carbocycles. The number of rotatable bonds is 11. The Balaban J connectivity index is 1.02. The SMILES string of the molecule is O=C(NCc1ccccc1)NCc1cccc(-c2ccc(C3OC(CSc4nc5ccccc5s4)CC(c4ccc(CO)cc4)O3)cc2)c1. The minimum atomic E-state index is -0.531. The van der Waals surface area contributed by atoms with Gasteiger partial charge >= 0.3 is 6.03 Å². The maximum atomic E-state index is 12.4. The lowest BCUT2D eigenvalue weighted by atomic mass is 9.99. The number of benzene rings is 5. The molecule has 1 aliphatic heterocycles. The number of carbonyl (C=O) groups excluding carboxylic acids is 1. The third-order valence-corrected chi connectivity index (χ3v) is 10.8. The Bertz CT molecular complexity index is 1950. The number of carbonyl (C=O) groups is 1. The molecular formula is C40H37N3O4S2. The molecule has 7 rings (SSSR count). The number of aliphatic hydroxyl groups excluding tert-OH is 1. The average Bonchev–Trinajstić information content (AvgIpc) is 3.59. The Morgan fingerprint density at radius 1 is 0.755 bits per heavy atom. The molecule has 0 saturated carbocycles. The number of hydrogen-bond donors (Lipinski definition) is 3. The van der Waals surface area contributed by atoms with Gasteiger partial charge < -0.3 is 25.2 Å². The molecule has 1 aliphatic rings. The highest BCUT2D eigenvalue weighted by Crippen LogP contribution is 2.40. The number of urea groups is 1. The average molecular weight is 688 g/mol. The third kappa shape index (κ3) is 8.57. The second-order valence-corrected chi connectivity index (χ2v) is 14.3. The Labute approximate surface area is 294 Å². The molecule has 1 saturated heterocycles. The van der Waals surface area contributed by atoms with Crippen molar-refractivity contribution in [2.75, 3.05) is 5.75 Å². The summed E-state index contributed by atoms with van der Waals surface area (Å²) in [7, 11) is 0. The molecule has 7 nitrogen and oxygen atoms in total. The zero-order valence-electron chi connectivity index (χ0n) is 26.8. The number of amides is 2. The summed E-state index contributed by atoms with van der Waals surface area (Å²) in [6, 6.07) is 42.3. The zero-order valence-corrected chi connectivity index (χ0v) is 28.5. The van der Waals surface area contributed by atoms with E-state index in [-0.39, 0.29) is 24.8 Å². The molecule has 248 valence electrons. The standard InChI is InChI=1S/C40H37N3O4S2/c44-25-28-13-15-31(16-14-28)36-22-34(26-48-40-43-35-11-4-5-12-37(35)49-40)46-38(47-36)32-19-17-30(18-20-32)33-10-6-9-29(21-33)24-42-39(45)41-23-27-7-2-1-3-8-27/h1-21,34,36,38,44H,22-26H2,(H2,41,42,45). The molecule has 1 aromatic heterocycles. The first-order chi connectivity index (χ1) is 24.1. The van der Waals surface area contributed by atoms with Gasteiger partial charge in [-0.2, -0.15) is 0 Å². The van der Waals surface area contributed by atoms with Crippen molar-refractivity contribution in [2.24, 2.45) is 0 Å². The van der Waals surface area contributed by atoms with Gasteiger partial charge in [0.05, 0.1) is 29.0 Å². The number of nitrogens with one attached hydrogen (secondary N) is 2. The van der Waals surface area contributed by atoms with Crippen LogP contribution < -0.4 is 10.6 Å². The minimum Gasteiger partial charge on any atom is -0.392 e. The largest absolute Gasteiger partial charge is 0.392 e. The van der Waals surface area contributed by atoms with Gasteiger partial charge in [-0.25, -0.2) is 9.78 Å². The van der Waals surface area contributed by atoms with Crippen molar-refractivity contribution in [2.45, 2.75) is 49.0 Å². The zero-order chi connectivity index (χ0) is 33.4. The van der Waals surface area contributed by atoms with Gasteiger partial charge in [-0.1, -0.05) is 121 Å². The fourth-order valence-corrected chi connectivity index (χ4v) is 7.93. The molecule has 0 aliphatic carbocycles. The Morgan fingerprint density at radius 2 is 1.47 bits per heavy atom. The van der Waals surface area contributed by atoms with Crippen LogP contribution in [0.3, 0.4) is 0 Å². The maximum absolute atomic E-state index is 12.4. The van der Waals surface area contributed by atoms with Crippen LogP contribution in [-0.4, -0.2) is 28.0 Å². The van der Waals surface area contributed by atoms with Crippen LogP contribution in [0.25, 0.3) is 21.3 Å². The fourth-order valence-electron chi connectivity index (χ4n) is 5.82. The second-order valence-electron chi connectivity index (χ2n) is 12.0. The third-order valence-electron chi connectivity index (χ3n) is 8.47. The van der Waals surface area contributed by atoms with E-state index in [0.29, 0.717) is 13.1 Å². The quantitative estimate of drug-likeness (QED) is 0.118. The van der Waals surface area contributed by atoms with E-state index in [0.717, 1.165) is 61.0 Å². The van der Waals surface area contributed by atoms with Gasteiger partial charge in [0.15, 0.2) is 10.6 Å². The van der Waals surface area contributed by atoms with E-state index in [1.165, 1.54) is 4.70 Å². The number of para-hydroxylation sites is 1. The van der Waals surface area contributed by atoms with Gasteiger partial charge in [-0.05, 0) is 51.6 Å². The summed E-state index contributed by atoms with van der Waals surface area (Å²) in [6.07, 6.45) is -0.0137. The van der Waals surface area contributed by atoms with E-state index < -0.39 is 6.29 Å². The van der Waals surface area contributed by atoms with Crippen molar-refractivity contribution in [3.8, 4) is 11.1 Å². The van der Waals surface area contributed by atoms with Crippen LogP contribution >= 0.6 is 23.1 Å². The minimum absolute atomic E-state index is 0.00876. The van der Waals surface area contributed by atoms with Crippen LogP contribution in [0.15, 0.2) is 132 Å². The molecule has 3 N–H and O–H groups in total. The number of nitrogens with zero attached hydrogens (tertiary/aromatic N) is 1. The maximum Gasteiger partial charge on any atom is 0.315 e. The molecule has 0 bridgehead atoms. The fraction of sp³-hybridized carbons (Fsp3) is 0.200. The van der Waals surface area contributed by atoms with Crippen molar-refractivity contribution in [1.29, 1.82) is 0 Å². The van der Waals surface area contributed by atoms with Gasteiger partial charge in [0.25, 0.3) is 0 Å². The van der Waals surface area contributed by atoms with Crippen LogP contribution in [0.1, 0.15) is 46.6 Å². The number of aromatic nitrogens is 1. The Morgan fingerprint density at radius 3 is 2.24 bits per heavy atom. The van der Waals surface area contributed by atoms with Crippen molar-refractivity contribution in [3.05, 3.63) is 155 Å². The molecule has 1 fully saturated rings. The van der Waals surface area contributed by atoms with Crippen LogP contribution in [0.5, 0.6) is 0 Å². The van der Waals surface area contributed by atoms with E-state index in [1.54, 1.807) is 23.1 Å². The highest BCUT2D eigenvalue weighted by molar-refractivity contribution is 8.01. The van der Waals surface area contributed by atoms with Gasteiger partial charge in [-0.15, -0.1) is 11.3 Å². The number of aliphatic hydroxyl groups is 1. The molecule has 3 atom stereocenters. The van der Waals surface area contributed by atoms with Crippen LogP contribution in [-0.2, 0) is 29.2 Å². The summed E-state index contributed by atoms with van der Waals surface area (Å²) in [5.41, 5.74) is 8.10. The second kappa shape index (κ2) is 15.8. The highest BCUT2D eigenvalue weighted by atomic mass is 32.2. The molecule has 3 unspecified atom stereocenters. The number of hydrogen-bond acceptors (Lipinski definition) is 7. The van der Waals surface area contributed by atoms with Crippen molar-refractivity contribution >= 4 is 39.3 Å². The predicted octanol–water partition coefficient (Wildman–Crippen LogP) is 8.79. The summed E-state index contributed by atoms with van der Waals surface area (Å²) >= 11 is 3.43. The molecule has 6 aromatic rings. The summed E-state index contributed by atoms with van der Waals surface area (Å²) < 4.78 is 15.4. The number of thiazole rings is 1. The summed E-state index contributed by atoms with van der Waals surface area (Å²) in [4.78, 5) is 17.2. The van der Waals surface area contributed by atoms with Gasteiger partial charge in [0.1, 0.15) is 0 Å². The lowest BCUT2D eigenvalue weighted by Gasteiger charge is -2.36. The number of thioether (sulfide) groups is 1.